The highest BCUT2D eigenvalue weighted by atomic mass is 16.1. The van der Waals surface area contributed by atoms with Gasteiger partial charge in [0, 0.05) is 18.6 Å². The van der Waals surface area contributed by atoms with Gasteiger partial charge in [0.25, 0.3) is 5.91 Å². The van der Waals surface area contributed by atoms with Crippen LogP contribution in [0.25, 0.3) is 0 Å². The van der Waals surface area contributed by atoms with Crippen LogP contribution in [0.15, 0.2) is 12.1 Å². The standard InChI is InChI=1S/C14H21N5O/c15-11-3-4-12(13(16)20)18-14(11)17-9-5-7-19-6-1-2-10(19)8-9/h3-4,9-10H,1-2,5-8,15H2,(H2,16,20)(H,17,18). The molecule has 2 aliphatic rings. The number of piperidine rings is 1. The van der Waals surface area contributed by atoms with Crippen molar-refractivity contribution in [1.82, 2.24) is 9.88 Å². The van der Waals surface area contributed by atoms with Crippen LogP contribution in [0.1, 0.15) is 36.2 Å². The van der Waals surface area contributed by atoms with E-state index in [2.05, 4.69) is 15.2 Å². The number of nitrogen functional groups attached to an aromatic ring is 1. The first-order chi connectivity index (χ1) is 9.63. The van der Waals surface area contributed by atoms with Crippen molar-refractivity contribution in [3.63, 3.8) is 0 Å². The number of nitrogens with one attached hydrogen (secondary N) is 1. The van der Waals surface area contributed by atoms with Gasteiger partial charge in [-0.05, 0) is 44.4 Å². The molecule has 6 nitrogen and oxygen atoms in total. The molecule has 0 bridgehead atoms. The largest absolute Gasteiger partial charge is 0.396 e. The van der Waals surface area contributed by atoms with Gasteiger partial charge in [0.1, 0.15) is 11.5 Å². The highest BCUT2D eigenvalue weighted by Gasteiger charge is 2.31. The van der Waals surface area contributed by atoms with Crippen molar-refractivity contribution in [2.45, 2.75) is 37.8 Å². The van der Waals surface area contributed by atoms with Crippen LogP contribution in [0, 0.1) is 0 Å². The zero-order valence-corrected chi connectivity index (χ0v) is 11.5. The van der Waals surface area contributed by atoms with E-state index in [1.54, 1.807) is 12.1 Å². The molecule has 0 aromatic carbocycles. The predicted molar refractivity (Wildman–Crippen MR) is 78.4 cm³/mol. The van der Waals surface area contributed by atoms with Crippen molar-refractivity contribution < 1.29 is 4.79 Å². The molecule has 0 aliphatic carbocycles. The fourth-order valence-corrected chi connectivity index (χ4v) is 3.27. The van der Waals surface area contributed by atoms with E-state index in [1.165, 1.54) is 19.4 Å². The molecule has 1 aromatic rings. The van der Waals surface area contributed by atoms with E-state index >= 15 is 0 Å². The molecule has 2 fully saturated rings. The number of anilines is 2. The van der Waals surface area contributed by atoms with Crippen molar-refractivity contribution in [3.8, 4) is 0 Å². The van der Waals surface area contributed by atoms with Crippen LogP contribution in [-0.2, 0) is 0 Å². The van der Waals surface area contributed by atoms with Crippen molar-refractivity contribution in [2.24, 2.45) is 5.73 Å². The van der Waals surface area contributed by atoms with Crippen LogP contribution < -0.4 is 16.8 Å². The Labute approximate surface area is 118 Å². The lowest BCUT2D eigenvalue weighted by molar-refractivity contribution is 0.0995. The second kappa shape index (κ2) is 5.28. The molecule has 0 spiro atoms. The van der Waals surface area contributed by atoms with Crippen molar-refractivity contribution in [1.29, 1.82) is 0 Å². The Balaban J connectivity index is 1.71. The molecule has 1 amide bonds. The first-order valence-corrected chi connectivity index (χ1v) is 7.20. The van der Waals surface area contributed by atoms with Gasteiger partial charge >= 0.3 is 0 Å². The summed E-state index contributed by atoms with van der Waals surface area (Å²) in [7, 11) is 0. The van der Waals surface area contributed by atoms with Crippen molar-refractivity contribution in [2.75, 3.05) is 24.1 Å². The first-order valence-electron chi connectivity index (χ1n) is 7.20. The number of carbonyl (C=O) groups excluding carboxylic acids is 1. The summed E-state index contributed by atoms with van der Waals surface area (Å²) in [5.41, 5.74) is 12.0. The van der Waals surface area contributed by atoms with Crippen LogP contribution in [0.5, 0.6) is 0 Å². The summed E-state index contributed by atoms with van der Waals surface area (Å²) in [4.78, 5) is 18.0. The number of hydrogen-bond acceptors (Lipinski definition) is 5. The van der Waals surface area contributed by atoms with Crippen molar-refractivity contribution in [3.05, 3.63) is 17.8 Å². The Morgan fingerprint density at radius 2 is 2.20 bits per heavy atom. The number of nitrogens with two attached hydrogens (primary N) is 2. The van der Waals surface area contributed by atoms with Crippen molar-refractivity contribution >= 4 is 17.4 Å². The normalized spacial score (nSPS) is 26.2. The molecule has 0 saturated carbocycles. The minimum absolute atomic E-state index is 0.250. The van der Waals surface area contributed by atoms with Gasteiger partial charge in [-0.15, -0.1) is 0 Å². The zero-order valence-electron chi connectivity index (χ0n) is 11.5. The highest BCUT2D eigenvalue weighted by Crippen LogP contribution is 2.29. The molecule has 2 aliphatic heterocycles. The maximum absolute atomic E-state index is 11.2. The van der Waals surface area contributed by atoms with Gasteiger partial charge in [0.05, 0.1) is 5.69 Å². The fourth-order valence-electron chi connectivity index (χ4n) is 3.27. The summed E-state index contributed by atoms with van der Waals surface area (Å²) in [6.07, 6.45) is 4.78. The molecule has 3 rings (SSSR count). The minimum atomic E-state index is -0.529. The summed E-state index contributed by atoms with van der Waals surface area (Å²) in [5, 5.41) is 3.39. The Hall–Kier alpha value is -1.82. The van der Waals surface area contributed by atoms with Gasteiger partial charge in [-0.3, -0.25) is 4.79 Å². The van der Waals surface area contributed by atoms with Crippen LogP contribution in [0.4, 0.5) is 11.5 Å². The highest BCUT2D eigenvalue weighted by molar-refractivity contribution is 5.91. The number of fused-ring (bicyclic) bond motifs is 1. The third-order valence-corrected chi connectivity index (χ3v) is 4.34. The summed E-state index contributed by atoms with van der Waals surface area (Å²) >= 11 is 0. The van der Waals surface area contributed by atoms with E-state index < -0.39 is 5.91 Å². The average molecular weight is 275 g/mol. The number of primary amides is 1. The summed E-state index contributed by atoms with van der Waals surface area (Å²) in [6.45, 7) is 2.35. The maximum atomic E-state index is 11.2. The van der Waals surface area contributed by atoms with Crippen LogP contribution in [0.2, 0.25) is 0 Å². The number of amides is 1. The van der Waals surface area contributed by atoms with E-state index in [9.17, 15) is 4.79 Å². The van der Waals surface area contributed by atoms with Crippen LogP contribution >= 0.6 is 0 Å². The molecule has 5 N–H and O–H groups in total. The Morgan fingerprint density at radius 3 is 3.00 bits per heavy atom. The monoisotopic (exact) mass is 275 g/mol. The second-order valence-corrected chi connectivity index (χ2v) is 5.70. The first kappa shape index (κ1) is 13.2. The number of aromatic nitrogens is 1. The van der Waals surface area contributed by atoms with E-state index in [0.717, 1.165) is 19.4 Å². The summed E-state index contributed by atoms with van der Waals surface area (Å²) < 4.78 is 0. The number of hydrogen-bond donors (Lipinski definition) is 3. The lowest BCUT2D eigenvalue weighted by atomic mass is 9.97. The molecule has 20 heavy (non-hydrogen) atoms. The molecule has 0 radical (unpaired) electrons. The van der Waals surface area contributed by atoms with E-state index in [-0.39, 0.29) is 5.69 Å². The molecule has 6 heteroatoms. The molecular formula is C14H21N5O. The zero-order chi connectivity index (χ0) is 14.1. The maximum Gasteiger partial charge on any atom is 0.267 e. The fraction of sp³-hybridized carbons (Fsp3) is 0.571. The number of rotatable bonds is 3. The Morgan fingerprint density at radius 1 is 1.35 bits per heavy atom. The van der Waals surface area contributed by atoms with E-state index in [0.29, 0.717) is 23.6 Å². The van der Waals surface area contributed by atoms with Gasteiger partial charge in [0.15, 0.2) is 0 Å². The molecule has 3 heterocycles. The van der Waals surface area contributed by atoms with E-state index in [1.807, 2.05) is 0 Å². The summed E-state index contributed by atoms with van der Waals surface area (Å²) in [5.74, 6) is 0.0522. The van der Waals surface area contributed by atoms with Gasteiger partial charge < -0.3 is 21.7 Å². The minimum Gasteiger partial charge on any atom is -0.396 e. The third kappa shape index (κ3) is 2.56. The molecule has 108 valence electrons. The molecule has 2 saturated heterocycles. The predicted octanol–water partition coefficient (Wildman–Crippen LogP) is 0.801. The average Bonchev–Trinajstić information content (AvgIpc) is 2.88. The van der Waals surface area contributed by atoms with Gasteiger partial charge in [-0.25, -0.2) is 4.98 Å². The topological polar surface area (TPSA) is 97.3 Å². The molecular weight excluding hydrogens is 254 g/mol. The molecule has 2 unspecified atom stereocenters. The van der Waals surface area contributed by atoms with Crippen LogP contribution in [0.3, 0.4) is 0 Å². The third-order valence-electron chi connectivity index (χ3n) is 4.34. The van der Waals surface area contributed by atoms with Gasteiger partial charge in [-0.1, -0.05) is 0 Å². The van der Waals surface area contributed by atoms with Gasteiger partial charge in [-0.2, -0.15) is 0 Å². The molecule has 2 atom stereocenters. The molecule has 1 aromatic heterocycles. The lowest BCUT2D eigenvalue weighted by Crippen LogP contribution is -2.43. The number of carbonyl (C=O) groups is 1. The number of nitrogens with zero attached hydrogens (tertiary/aromatic N) is 2. The smallest absolute Gasteiger partial charge is 0.267 e. The quantitative estimate of drug-likeness (QED) is 0.758. The van der Waals surface area contributed by atoms with E-state index in [4.69, 9.17) is 11.5 Å². The van der Waals surface area contributed by atoms with Crippen LogP contribution in [-0.4, -0.2) is 41.0 Å². The number of pyridine rings is 1. The Bertz CT molecular complexity index is 518. The Kier molecular flexibility index (Phi) is 3.48. The lowest BCUT2D eigenvalue weighted by Gasteiger charge is -2.35. The second-order valence-electron chi connectivity index (χ2n) is 5.70. The SMILES string of the molecule is NC(=O)c1ccc(N)c(NC2CCN3CCCC3C2)n1. The van der Waals surface area contributed by atoms with Gasteiger partial charge in [0.2, 0.25) is 0 Å². The summed E-state index contributed by atoms with van der Waals surface area (Å²) in [6, 6.07) is 4.29.